The number of benzene rings is 1. The molecule has 2 aliphatic rings. The number of piperidine rings is 1. The standard InChI is InChI=1S/C23H26N4O2/c1-16-9-13-27(14-10-16)20-15-18(17-7-11-25-12-8-17)3-4-19(20)26-23(28)21-5-6-22(24-2)29-21/h3-7,15-16,25H,8-14H2,1H3,(H,26,28). The van der Waals surface area contributed by atoms with Crippen molar-refractivity contribution in [1.82, 2.24) is 5.32 Å². The molecule has 3 heterocycles. The summed E-state index contributed by atoms with van der Waals surface area (Å²) in [7, 11) is 0. The van der Waals surface area contributed by atoms with E-state index in [1.54, 1.807) is 6.07 Å². The van der Waals surface area contributed by atoms with Crippen LogP contribution in [-0.4, -0.2) is 32.1 Å². The summed E-state index contributed by atoms with van der Waals surface area (Å²) >= 11 is 0. The quantitative estimate of drug-likeness (QED) is 0.743. The number of anilines is 2. The fourth-order valence-electron chi connectivity index (χ4n) is 3.93. The van der Waals surface area contributed by atoms with Crippen LogP contribution in [0.4, 0.5) is 17.3 Å². The summed E-state index contributed by atoms with van der Waals surface area (Å²) in [6.07, 6.45) is 5.55. The number of nitrogens with one attached hydrogen (secondary N) is 2. The van der Waals surface area contributed by atoms with Gasteiger partial charge in [0.25, 0.3) is 5.91 Å². The molecule has 2 aromatic rings. The molecule has 0 bridgehead atoms. The molecule has 6 nitrogen and oxygen atoms in total. The third kappa shape index (κ3) is 4.36. The molecule has 6 heteroatoms. The Hall–Kier alpha value is -3.04. The van der Waals surface area contributed by atoms with Crippen LogP contribution in [0.2, 0.25) is 0 Å². The minimum Gasteiger partial charge on any atom is -0.475 e. The first kappa shape index (κ1) is 19.3. The van der Waals surface area contributed by atoms with E-state index in [0.717, 1.165) is 62.7 Å². The van der Waals surface area contributed by atoms with Gasteiger partial charge in [0.15, 0.2) is 5.76 Å². The van der Waals surface area contributed by atoms with E-state index >= 15 is 0 Å². The number of rotatable bonds is 4. The lowest BCUT2D eigenvalue weighted by molar-refractivity contribution is 0.0998. The van der Waals surface area contributed by atoms with Crippen molar-refractivity contribution in [3.63, 3.8) is 0 Å². The average molecular weight is 390 g/mol. The topological polar surface area (TPSA) is 61.9 Å². The molecule has 1 fully saturated rings. The van der Waals surface area contributed by atoms with E-state index in [1.807, 2.05) is 6.07 Å². The number of hydrogen-bond donors (Lipinski definition) is 2. The smallest absolute Gasteiger partial charge is 0.346 e. The maximum Gasteiger partial charge on any atom is 0.346 e. The molecule has 150 valence electrons. The van der Waals surface area contributed by atoms with Gasteiger partial charge in [-0.15, -0.1) is 0 Å². The molecule has 1 amide bonds. The summed E-state index contributed by atoms with van der Waals surface area (Å²) in [6.45, 7) is 13.2. The van der Waals surface area contributed by atoms with Crippen LogP contribution in [0.25, 0.3) is 10.4 Å². The molecular weight excluding hydrogens is 364 g/mol. The van der Waals surface area contributed by atoms with Crippen molar-refractivity contribution in [3.05, 3.63) is 59.1 Å². The highest BCUT2D eigenvalue weighted by atomic mass is 16.4. The Morgan fingerprint density at radius 2 is 2.10 bits per heavy atom. The molecule has 0 unspecified atom stereocenters. The second-order valence-corrected chi connectivity index (χ2v) is 7.79. The average Bonchev–Trinajstić information content (AvgIpc) is 3.25. The van der Waals surface area contributed by atoms with E-state index in [-0.39, 0.29) is 17.6 Å². The molecule has 1 aromatic carbocycles. The largest absolute Gasteiger partial charge is 0.475 e. The Balaban J connectivity index is 1.63. The number of carbonyl (C=O) groups excluding carboxylic acids is 1. The number of nitrogens with zero attached hydrogens (tertiary/aromatic N) is 2. The number of amides is 1. The van der Waals surface area contributed by atoms with Gasteiger partial charge in [-0.25, -0.2) is 0 Å². The molecule has 0 aliphatic carbocycles. The second kappa shape index (κ2) is 8.54. The summed E-state index contributed by atoms with van der Waals surface area (Å²) in [5, 5.41) is 6.35. The summed E-state index contributed by atoms with van der Waals surface area (Å²) in [5.41, 5.74) is 4.40. The molecule has 1 saturated heterocycles. The lowest BCUT2D eigenvalue weighted by Crippen LogP contribution is -2.33. The van der Waals surface area contributed by atoms with Gasteiger partial charge in [0.2, 0.25) is 0 Å². The van der Waals surface area contributed by atoms with Crippen LogP contribution in [0.3, 0.4) is 0 Å². The first-order valence-electron chi connectivity index (χ1n) is 10.2. The summed E-state index contributed by atoms with van der Waals surface area (Å²) in [4.78, 5) is 18.3. The van der Waals surface area contributed by atoms with Gasteiger partial charge in [-0.05, 0) is 67.1 Å². The molecular formula is C23H26N4O2. The van der Waals surface area contributed by atoms with Crippen molar-refractivity contribution >= 4 is 28.7 Å². The Kier molecular flexibility index (Phi) is 5.68. The van der Waals surface area contributed by atoms with Gasteiger partial charge in [0.1, 0.15) is 0 Å². The van der Waals surface area contributed by atoms with Crippen molar-refractivity contribution in [2.24, 2.45) is 5.92 Å². The number of carbonyl (C=O) groups is 1. The fraction of sp³-hybridized carbons (Fsp3) is 0.391. The van der Waals surface area contributed by atoms with Gasteiger partial charge in [0, 0.05) is 19.6 Å². The fourth-order valence-corrected chi connectivity index (χ4v) is 3.93. The maximum absolute atomic E-state index is 12.7. The SMILES string of the molecule is [C-]#[N+]c1ccc(C(=O)Nc2ccc(C3=CCNCC3)cc2N2CCC(C)CC2)o1. The minimum absolute atomic E-state index is 0.119. The van der Waals surface area contributed by atoms with Gasteiger partial charge in [-0.3, -0.25) is 4.79 Å². The zero-order valence-corrected chi connectivity index (χ0v) is 16.7. The molecule has 4 rings (SSSR count). The van der Waals surface area contributed by atoms with E-state index in [4.69, 9.17) is 11.0 Å². The predicted molar refractivity (Wildman–Crippen MR) is 115 cm³/mol. The van der Waals surface area contributed by atoms with Gasteiger partial charge < -0.3 is 20.0 Å². The van der Waals surface area contributed by atoms with Gasteiger partial charge in [0.05, 0.1) is 17.9 Å². The van der Waals surface area contributed by atoms with Crippen molar-refractivity contribution < 1.29 is 9.21 Å². The molecule has 29 heavy (non-hydrogen) atoms. The Morgan fingerprint density at radius 3 is 2.79 bits per heavy atom. The molecule has 0 atom stereocenters. The Morgan fingerprint density at radius 1 is 1.28 bits per heavy atom. The molecule has 1 aromatic heterocycles. The Labute approximate surface area is 171 Å². The van der Waals surface area contributed by atoms with E-state index in [9.17, 15) is 4.79 Å². The third-order valence-electron chi connectivity index (χ3n) is 5.73. The highest BCUT2D eigenvalue weighted by Gasteiger charge is 2.21. The van der Waals surface area contributed by atoms with Crippen LogP contribution in [0.1, 0.15) is 42.3 Å². The predicted octanol–water partition coefficient (Wildman–Crippen LogP) is 4.70. The number of furan rings is 1. The normalized spacial score (nSPS) is 17.5. The van der Waals surface area contributed by atoms with Crippen LogP contribution in [0, 0.1) is 12.5 Å². The van der Waals surface area contributed by atoms with E-state index in [1.165, 1.54) is 17.2 Å². The summed E-state index contributed by atoms with van der Waals surface area (Å²) in [6, 6.07) is 9.33. The highest BCUT2D eigenvalue weighted by Crippen LogP contribution is 2.34. The number of hydrogen-bond acceptors (Lipinski definition) is 4. The van der Waals surface area contributed by atoms with Crippen LogP contribution < -0.4 is 15.5 Å². The first-order chi connectivity index (χ1) is 14.1. The second-order valence-electron chi connectivity index (χ2n) is 7.79. The highest BCUT2D eigenvalue weighted by molar-refractivity contribution is 6.04. The molecule has 2 N–H and O–H groups in total. The molecule has 2 aliphatic heterocycles. The van der Waals surface area contributed by atoms with E-state index in [2.05, 4.69) is 45.5 Å². The van der Waals surface area contributed by atoms with E-state index < -0.39 is 0 Å². The van der Waals surface area contributed by atoms with Crippen LogP contribution >= 0.6 is 0 Å². The van der Waals surface area contributed by atoms with Crippen molar-refractivity contribution in [1.29, 1.82) is 0 Å². The van der Waals surface area contributed by atoms with Crippen LogP contribution in [-0.2, 0) is 0 Å². The monoisotopic (exact) mass is 390 g/mol. The van der Waals surface area contributed by atoms with Crippen molar-refractivity contribution in [2.45, 2.75) is 26.2 Å². The minimum atomic E-state index is -0.333. The molecule has 0 radical (unpaired) electrons. The van der Waals surface area contributed by atoms with Crippen molar-refractivity contribution in [3.8, 4) is 0 Å². The summed E-state index contributed by atoms with van der Waals surface area (Å²) < 4.78 is 5.29. The van der Waals surface area contributed by atoms with Crippen molar-refractivity contribution in [2.75, 3.05) is 36.4 Å². The van der Waals surface area contributed by atoms with Crippen LogP contribution in [0.15, 0.2) is 40.8 Å². The Bertz CT molecular complexity index is 961. The zero-order valence-electron chi connectivity index (χ0n) is 16.7. The lowest BCUT2D eigenvalue weighted by atomic mass is 9.96. The van der Waals surface area contributed by atoms with Gasteiger partial charge in [-0.2, -0.15) is 4.85 Å². The summed E-state index contributed by atoms with van der Waals surface area (Å²) in [5.74, 6) is 0.670. The van der Waals surface area contributed by atoms with Crippen LogP contribution in [0.5, 0.6) is 0 Å². The third-order valence-corrected chi connectivity index (χ3v) is 5.73. The maximum atomic E-state index is 12.7. The molecule has 0 saturated carbocycles. The van der Waals surface area contributed by atoms with Gasteiger partial charge >= 0.3 is 5.88 Å². The lowest BCUT2D eigenvalue weighted by Gasteiger charge is -2.34. The first-order valence-corrected chi connectivity index (χ1v) is 10.2. The molecule has 0 spiro atoms. The van der Waals surface area contributed by atoms with Gasteiger partial charge in [-0.1, -0.05) is 19.1 Å². The van der Waals surface area contributed by atoms with E-state index in [0.29, 0.717) is 0 Å². The zero-order chi connectivity index (χ0) is 20.2.